The maximum atomic E-state index is 13.4. The van der Waals surface area contributed by atoms with E-state index in [0.29, 0.717) is 35.5 Å². The molecule has 0 unspecified atom stereocenters. The SMILES string of the molecule is CCCCc1cc(NC(=O)Nc2ccc(OCc3ccnc(Nc4cncc(CC)n4)c3)c3ccccc23)n(-c2ccc(C)c(C)c2)n1. The van der Waals surface area contributed by atoms with E-state index in [-0.39, 0.29) is 6.03 Å². The second-order valence-electron chi connectivity index (χ2n) is 11.8. The monoisotopic (exact) mass is 640 g/mol. The van der Waals surface area contributed by atoms with Crippen molar-refractivity contribution < 1.29 is 9.53 Å². The van der Waals surface area contributed by atoms with Gasteiger partial charge in [0.05, 0.1) is 29.0 Å². The zero-order valence-corrected chi connectivity index (χ0v) is 27.7. The molecular weight excluding hydrogens is 600 g/mol. The molecule has 0 atom stereocenters. The number of ether oxygens (including phenoxy) is 1. The number of aryl methyl sites for hydroxylation is 4. The molecule has 48 heavy (non-hydrogen) atoms. The number of aromatic nitrogens is 5. The molecule has 0 saturated carbocycles. The van der Waals surface area contributed by atoms with Gasteiger partial charge in [-0.3, -0.25) is 10.3 Å². The first-order valence-electron chi connectivity index (χ1n) is 16.3. The van der Waals surface area contributed by atoms with Gasteiger partial charge in [-0.15, -0.1) is 0 Å². The van der Waals surface area contributed by atoms with Crippen LogP contribution in [0.15, 0.2) is 91.4 Å². The van der Waals surface area contributed by atoms with E-state index >= 15 is 0 Å². The fraction of sp³-hybridized carbons (Fsp3) is 0.237. The van der Waals surface area contributed by atoms with Crippen LogP contribution in [0.5, 0.6) is 5.75 Å². The summed E-state index contributed by atoms with van der Waals surface area (Å²) in [6, 6.07) is 23.2. The van der Waals surface area contributed by atoms with Crippen molar-refractivity contribution in [1.29, 1.82) is 0 Å². The number of rotatable bonds is 12. The van der Waals surface area contributed by atoms with Crippen molar-refractivity contribution in [1.82, 2.24) is 24.7 Å². The molecule has 0 bridgehead atoms. The van der Waals surface area contributed by atoms with Gasteiger partial charge in [0.1, 0.15) is 29.8 Å². The van der Waals surface area contributed by atoms with Gasteiger partial charge in [0.25, 0.3) is 0 Å². The number of urea groups is 1. The molecule has 6 aromatic rings. The number of hydrogen-bond donors (Lipinski definition) is 3. The van der Waals surface area contributed by atoms with Crippen LogP contribution in [-0.2, 0) is 19.4 Å². The normalized spacial score (nSPS) is 11.0. The summed E-state index contributed by atoms with van der Waals surface area (Å²) in [7, 11) is 0. The molecule has 3 aromatic heterocycles. The zero-order valence-electron chi connectivity index (χ0n) is 27.7. The molecule has 10 heteroatoms. The summed E-state index contributed by atoms with van der Waals surface area (Å²) in [5.74, 6) is 2.62. The molecule has 3 N–H and O–H groups in total. The molecule has 0 aliphatic carbocycles. The van der Waals surface area contributed by atoms with Crippen molar-refractivity contribution in [3.05, 3.63) is 119 Å². The van der Waals surface area contributed by atoms with E-state index in [4.69, 9.17) is 9.84 Å². The van der Waals surface area contributed by atoms with E-state index in [9.17, 15) is 4.79 Å². The van der Waals surface area contributed by atoms with Crippen LogP contribution in [0.4, 0.5) is 27.9 Å². The average molecular weight is 641 g/mol. The van der Waals surface area contributed by atoms with Crippen LogP contribution in [0.2, 0.25) is 0 Å². The summed E-state index contributed by atoms with van der Waals surface area (Å²) in [6.07, 6.45) is 8.91. The molecule has 0 aliphatic rings. The maximum absolute atomic E-state index is 13.4. The van der Waals surface area contributed by atoms with Gasteiger partial charge in [-0.2, -0.15) is 5.10 Å². The molecule has 0 fully saturated rings. The molecule has 0 aliphatic heterocycles. The number of nitrogens with zero attached hydrogens (tertiary/aromatic N) is 5. The van der Waals surface area contributed by atoms with Gasteiger partial charge < -0.3 is 15.4 Å². The van der Waals surface area contributed by atoms with Gasteiger partial charge in [-0.05, 0) is 86.2 Å². The van der Waals surface area contributed by atoms with E-state index in [2.05, 4.69) is 63.8 Å². The molecule has 3 aromatic carbocycles. The third-order valence-corrected chi connectivity index (χ3v) is 8.18. The van der Waals surface area contributed by atoms with Gasteiger partial charge in [0.15, 0.2) is 0 Å². The Labute approximate surface area is 280 Å². The number of anilines is 4. The van der Waals surface area contributed by atoms with E-state index in [1.165, 1.54) is 5.56 Å². The first-order chi connectivity index (χ1) is 23.4. The van der Waals surface area contributed by atoms with Crippen LogP contribution in [0.3, 0.4) is 0 Å². The third kappa shape index (κ3) is 7.60. The Balaban J connectivity index is 1.17. The minimum Gasteiger partial charge on any atom is -0.488 e. The Morgan fingerprint density at radius 1 is 0.854 bits per heavy atom. The van der Waals surface area contributed by atoms with Crippen LogP contribution in [0, 0.1) is 13.8 Å². The Kier molecular flexibility index (Phi) is 9.90. The number of fused-ring (bicyclic) bond motifs is 1. The number of amides is 2. The van der Waals surface area contributed by atoms with Crippen molar-refractivity contribution in [3.63, 3.8) is 0 Å². The van der Waals surface area contributed by atoms with Crippen molar-refractivity contribution >= 4 is 39.9 Å². The molecule has 0 radical (unpaired) electrons. The van der Waals surface area contributed by atoms with Gasteiger partial charge in [-0.25, -0.2) is 19.4 Å². The van der Waals surface area contributed by atoms with E-state index in [1.54, 1.807) is 18.6 Å². The van der Waals surface area contributed by atoms with Gasteiger partial charge in [0.2, 0.25) is 0 Å². The fourth-order valence-corrected chi connectivity index (χ4v) is 5.39. The Morgan fingerprint density at radius 3 is 2.52 bits per heavy atom. The number of carbonyl (C=O) groups is 1. The van der Waals surface area contributed by atoms with E-state index in [0.717, 1.165) is 64.7 Å². The van der Waals surface area contributed by atoms with Crippen molar-refractivity contribution in [2.45, 2.75) is 60.0 Å². The highest BCUT2D eigenvalue weighted by atomic mass is 16.5. The highest BCUT2D eigenvalue weighted by Gasteiger charge is 2.15. The summed E-state index contributed by atoms with van der Waals surface area (Å²) in [5, 5.41) is 15.9. The second-order valence-corrected chi connectivity index (χ2v) is 11.8. The quantitative estimate of drug-likeness (QED) is 0.122. The smallest absolute Gasteiger partial charge is 0.324 e. The lowest BCUT2D eigenvalue weighted by Crippen LogP contribution is -2.21. The van der Waals surface area contributed by atoms with Crippen molar-refractivity contribution in [2.75, 3.05) is 16.0 Å². The lowest BCUT2D eigenvalue weighted by Gasteiger charge is -2.15. The lowest BCUT2D eigenvalue weighted by atomic mass is 10.1. The fourth-order valence-electron chi connectivity index (χ4n) is 5.39. The first-order valence-corrected chi connectivity index (χ1v) is 16.3. The first kappa shape index (κ1) is 32.2. The van der Waals surface area contributed by atoms with Gasteiger partial charge in [0, 0.05) is 29.2 Å². The summed E-state index contributed by atoms with van der Waals surface area (Å²) in [4.78, 5) is 26.6. The topological polar surface area (TPSA) is 119 Å². The number of hydrogen-bond acceptors (Lipinski definition) is 7. The standard InChI is InChI=1S/C38H40N8O2/c1-5-7-10-29-21-37(46(45-29)30-14-13-25(3)26(4)19-30)44-38(47)42-33-15-16-34(32-12-9-8-11-31(32)33)48-24-27-17-18-40-35(20-27)43-36-23-39-22-28(6-2)41-36/h8-9,11-23H,5-7,10,24H2,1-4H3,(H,40,41,43)(H2,42,44,47). The number of unbranched alkanes of at least 4 members (excludes halogenated alkanes) is 1. The minimum absolute atomic E-state index is 0.331. The average Bonchev–Trinajstić information content (AvgIpc) is 3.50. The van der Waals surface area contributed by atoms with E-state index < -0.39 is 0 Å². The van der Waals surface area contributed by atoms with Crippen LogP contribution in [0.25, 0.3) is 16.5 Å². The Bertz CT molecular complexity index is 2050. The lowest BCUT2D eigenvalue weighted by molar-refractivity contribution is 0.262. The van der Waals surface area contributed by atoms with Crippen LogP contribution in [0.1, 0.15) is 54.8 Å². The van der Waals surface area contributed by atoms with Crippen LogP contribution < -0.4 is 20.7 Å². The predicted molar refractivity (Wildman–Crippen MR) is 192 cm³/mol. The van der Waals surface area contributed by atoms with Crippen molar-refractivity contribution in [2.24, 2.45) is 0 Å². The number of benzene rings is 3. The van der Waals surface area contributed by atoms with Crippen LogP contribution in [-0.4, -0.2) is 30.8 Å². The number of carbonyl (C=O) groups excluding carboxylic acids is 1. The molecule has 6 rings (SSSR count). The highest BCUT2D eigenvalue weighted by Crippen LogP contribution is 2.32. The second kappa shape index (κ2) is 14.8. The minimum atomic E-state index is -0.355. The highest BCUT2D eigenvalue weighted by molar-refractivity contribution is 6.07. The molecular formula is C38H40N8O2. The molecule has 0 saturated heterocycles. The van der Waals surface area contributed by atoms with E-state index in [1.807, 2.05) is 72.3 Å². The van der Waals surface area contributed by atoms with Gasteiger partial charge >= 0.3 is 6.03 Å². The maximum Gasteiger partial charge on any atom is 0.324 e. The summed E-state index contributed by atoms with van der Waals surface area (Å²) >= 11 is 0. The Hall–Kier alpha value is -5.77. The predicted octanol–water partition coefficient (Wildman–Crippen LogP) is 8.70. The van der Waals surface area contributed by atoms with Crippen molar-refractivity contribution in [3.8, 4) is 11.4 Å². The molecule has 10 nitrogen and oxygen atoms in total. The van der Waals surface area contributed by atoms with Crippen LogP contribution >= 0.6 is 0 Å². The molecule has 3 heterocycles. The number of nitrogens with one attached hydrogen (secondary N) is 3. The third-order valence-electron chi connectivity index (χ3n) is 8.18. The summed E-state index contributed by atoms with van der Waals surface area (Å²) < 4.78 is 8.10. The molecule has 2 amide bonds. The van der Waals surface area contributed by atoms with Gasteiger partial charge in [-0.1, -0.05) is 50.6 Å². The largest absolute Gasteiger partial charge is 0.488 e. The Morgan fingerprint density at radius 2 is 1.71 bits per heavy atom. The summed E-state index contributed by atoms with van der Waals surface area (Å²) in [6.45, 7) is 8.69. The zero-order chi connectivity index (χ0) is 33.5. The number of pyridine rings is 1. The summed E-state index contributed by atoms with van der Waals surface area (Å²) in [5.41, 5.74) is 6.72. The molecule has 244 valence electrons. The molecule has 0 spiro atoms.